The Morgan fingerprint density at radius 1 is 1.32 bits per heavy atom. The van der Waals surface area contributed by atoms with Crippen LogP contribution >= 0.6 is 0 Å². The minimum Gasteiger partial charge on any atom is -0.496 e. The highest BCUT2D eigenvalue weighted by Crippen LogP contribution is 2.26. The van der Waals surface area contributed by atoms with Crippen molar-refractivity contribution in [3.05, 3.63) is 28.8 Å². The van der Waals surface area contributed by atoms with Crippen LogP contribution in [0.5, 0.6) is 5.75 Å². The van der Waals surface area contributed by atoms with Gasteiger partial charge >= 0.3 is 0 Å². The Morgan fingerprint density at radius 3 is 2.50 bits per heavy atom. The molecular formula is C16H26N2O3S. The van der Waals surface area contributed by atoms with Crippen LogP contribution in [0.15, 0.2) is 12.1 Å². The second kappa shape index (κ2) is 6.98. The molecule has 0 spiro atoms. The summed E-state index contributed by atoms with van der Waals surface area (Å²) in [6.07, 6.45) is 0.698. The van der Waals surface area contributed by atoms with Crippen LogP contribution < -0.4 is 9.46 Å². The van der Waals surface area contributed by atoms with Crippen molar-refractivity contribution in [1.29, 1.82) is 0 Å². The van der Waals surface area contributed by atoms with Gasteiger partial charge in [0.15, 0.2) is 0 Å². The molecule has 1 aliphatic rings. The quantitative estimate of drug-likeness (QED) is 0.866. The van der Waals surface area contributed by atoms with Crippen molar-refractivity contribution < 1.29 is 13.2 Å². The molecule has 0 bridgehead atoms. The third kappa shape index (κ3) is 3.80. The number of nitrogens with one attached hydrogen (secondary N) is 1. The van der Waals surface area contributed by atoms with E-state index < -0.39 is 10.0 Å². The van der Waals surface area contributed by atoms with E-state index in [-0.39, 0.29) is 5.25 Å². The second-order valence-electron chi connectivity index (χ2n) is 5.95. The average Bonchev–Trinajstić information content (AvgIpc) is 2.87. The van der Waals surface area contributed by atoms with Gasteiger partial charge < -0.3 is 4.74 Å². The van der Waals surface area contributed by atoms with Crippen molar-refractivity contribution in [3.8, 4) is 5.75 Å². The number of nitrogens with zero attached hydrogens (tertiary/aromatic N) is 1. The summed E-state index contributed by atoms with van der Waals surface area (Å²) in [5.41, 5.74) is 3.44. The summed E-state index contributed by atoms with van der Waals surface area (Å²) in [5.74, 6) is 0.928. The van der Waals surface area contributed by atoms with E-state index in [4.69, 9.17) is 4.74 Å². The van der Waals surface area contributed by atoms with Gasteiger partial charge in [0, 0.05) is 19.6 Å². The molecule has 124 valence electrons. The standard InChI is InChI=1S/C16H26N2O3S/c1-5-17-22(19,20)15-6-7-18(11-15)10-14-8-12(2)16(21-4)13(3)9-14/h8-9,15,17H,5-7,10-11H2,1-4H3/t15-/m0/s1. The Bertz CT molecular complexity index is 605. The van der Waals surface area contributed by atoms with Gasteiger partial charge in [-0.2, -0.15) is 0 Å². The van der Waals surface area contributed by atoms with Gasteiger partial charge in [-0.25, -0.2) is 13.1 Å². The summed E-state index contributed by atoms with van der Waals surface area (Å²) < 4.78 is 32.1. The van der Waals surface area contributed by atoms with E-state index in [1.54, 1.807) is 7.11 Å². The predicted octanol–water partition coefficient (Wildman–Crippen LogP) is 1.83. The monoisotopic (exact) mass is 326 g/mol. The molecule has 0 radical (unpaired) electrons. The zero-order chi connectivity index (χ0) is 16.3. The molecule has 0 amide bonds. The summed E-state index contributed by atoms with van der Waals surface area (Å²) in [6, 6.07) is 4.25. The van der Waals surface area contributed by atoms with Crippen LogP contribution in [0, 0.1) is 13.8 Å². The van der Waals surface area contributed by atoms with Crippen molar-refractivity contribution in [2.24, 2.45) is 0 Å². The maximum atomic E-state index is 12.1. The molecule has 1 saturated heterocycles. The topological polar surface area (TPSA) is 58.6 Å². The van der Waals surface area contributed by atoms with Crippen molar-refractivity contribution >= 4 is 10.0 Å². The minimum absolute atomic E-state index is 0.298. The van der Waals surface area contributed by atoms with Crippen molar-refractivity contribution in [2.75, 3.05) is 26.7 Å². The Kier molecular flexibility index (Phi) is 5.47. The molecule has 0 aliphatic carbocycles. The average molecular weight is 326 g/mol. The van der Waals surface area contributed by atoms with E-state index in [1.807, 2.05) is 20.8 Å². The van der Waals surface area contributed by atoms with Crippen LogP contribution in [-0.4, -0.2) is 45.3 Å². The number of ether oxygens (including phenoxy) is 1. The van der Waals surface area contributed by atoms with Gasteiger partial charge in [-0.15, -0.1) is 0 Å². The lowest BCUT2D eigenvalue weighted by molar-refractivity contribution is 0.330. The first-order chi connectivity index (χ1) is 10.4. The number of sulfonamides is 1. The largest absolute Gasteiger partial charge is 0.496 e. The second-order valence-corrected chi connectivity index (χ2v) is 8.00. The van der Waals surface area contributed by atoms with Crippen LogP contribution in [0.3, 0.4) is 0 Å². The fourth-order valence-corrected chi connectivity index (χ4v) is 4.69. The first-order valence-electron chi connectivity index (χ1n) is 7.72. The number of aryl methyl sites for hydroxylation is 2. The van der Waals surface area contributed by atoms with E-state index in [2.05, 4.69) is 21.8 Å². The molecule has 1 aromatic carbocycles. The molecule has 22 heavy (non-hydrogen) atoms. The third-order valence-corrected chi connectivity index (χ3v) is 6.10. The fourth-order valence-electron chi connectivity index (χ4n) is 3.22. The number of methoxy groups -OCH3 is 1. The molecule has 1 aliphatic heterocycles. The predicted molar refractivity (Wildman–Crippen MR) is 88.7 cm³/mol. The summed E-state index contributed by atoms with van der Waals surface area (Å²) in [6.45, 7) is 8.54. The normalized spacial score (nSPS) is 19.5. The molecule has 1 atom stereocenters. The Hall–Kier alpha value is -1.11. The highest BCUT2D eigenvalue weighted by atomic mass is 32.2. The third-order valence-electron chi connectivity index (χ3n) is 4.14. The molecule has 6 heteroatoms. The zero-order valence-electron chi connectivity index (χ0n) is 13.8. The highest BCUT2D eigenvalue weighted by Gasteiger charge is 2.32. The van der Waals surface area contributed by atoms with Crippen LogP contribution in [-0.2, 0) is 16.6 Å². The number of hydrogen-bond donors (Lipinski definition) is 1. The Labute approximate surface area is 133 Å². The van der Waals surface area contributed by atoms with Gasteiger partial charge in [-0.05, 0) is 43.5 Å². The van der Waals surface area contributed by atoms with E-state index in [0.717, 1.165) is 30.0 Å². The maximum Gasteiger partial charge on any atom is 0.215 e. The lowest BCUT2D eigenvalue weighted by atomic mass is 10.1. The van der Waals surface area contributed by atoms with E-state index in [1.165, 1.54) is 5.56 Å². The zero-order valence-corrected chi connectivity index (χ0v) is 14.7. The van der Waals surface area contributed by atoms with Crippen molar-refractivity contribution in [1.82, 2.24) is 9.62 Å². The van der Waals surface area contributed by atoms with Crippen LogP contribution in [0.1, 0.15) is 30.0 Å². The van der Waals surface area contributed by atoms with Gasteiger partial charge in [-0.3, -0.25) is 4.90 Å². The first kappa shape index (κ1) is 17.2. The number of likely N-dealkylation sites (tertiary alicyclic amines) is 1. The van der Waals surface area contributed by atoms with Gasteiger partial charge in [-0.1, -0.05) is 19.1 Å². The first-order valence-corrected chi connectivity index (χ1v) is 9.27. The smallest absolute Gasteiger partial charge is 0.215 e. The Morgan fingerprint density at radius 2 is 1.95 bits per heavy atom. The molecule has 5 nitrogen and oxygen atoms in total. The SMILES string of the molecule is CCNS(=O)(=O)[C@H]1CCN(Cc2cc(C)c(OC)c(C)c2)C1. The molecular weight excluding hydrogens is 300 g/mol. The van der Waals surface area contributed by atoms with Crippen LogP contribution in [0.2, 0.25) is 0 Å². The summed E-state index contributed by atoms with van der Waals surface area (Å²) in [4.78, 5) is 2.21. The molecule has 0 saturated carbocycles. The fraction of sp³-hybridized carbons (Fsp3) is 0.625. The lowest BCUT2D eigenvalue weighted by Gasteiger charge is -2.18. The molecule has 2 rings (SSSR count). The van der Waals surface area contributed by atoms with Crippen LogP contribution in [0.25, 0.3) is 0 Å². The van der Waals surface area contributed by atoms with E-state index in [9.17, 15) is 8.42 Å². The summed E-state index contributed by atoms with van der Waals surface area (Å²) >= 11 is 0. The molecule has 0 unspecified atom stereocenters. The molecule has 1 fully saturated rings. The molecule has 1 aromatic rings. The molecule has 0 aromatic heterocycles. The van der Waals surface area contributed by atoms with Crippen LogP contribution in [0.4, 0.5) is 0 Å². The lowest BCUT2D eigenvalue weighted by Crippen LogP contribution is -2.36. The number of hydrogen-bond acceptors (Lipinski definition) is 4. The van der Waals surface area contributed by atoms with E-state index in [0.29, 0.717) is 19.5 Å². The number of benzene rings is 1. The van der Waals surface area contributed by atoms with Crippen molar-refractivity contribution in [2.45, 2.75) is 39.0 Å². The Balaban J connectivity index is 2.05. The summed E-state index contributed by atoms with van der Waals surface area (Å²) in [5, 5.41) is -0.298. The maximum absolute atomic E-state index is 12.1. The van der Waals surface area contributed by atoms with Gasteiger partial charge in [0.2, 0.25) is 10.0 Å². The van der Waals surface area contributed by atoms with Gasteiger partial charge in [0.05, 0.1) is 12.4 Å². The number of rotatable bonds is 6. The van der Waals surface area contributed by atoms with Gasteiger partial charge in [0.1, 0.15) is 5.75 Å². The highest BCUT2D eigenvalue weighted by molar-refractivity contribution is 7.90. The minimum atomic E-state index is -3.17. The molecule has 1 N–H and O–H groups in total. The summed E-state index contributed by atoms with van der Waals surface area (Å²) in [7, 11) is -1.49. The molecule has 1 heterocycles. The van der Waals surface area contributed by atoms with Crippen molar-refractivity contribution in [3.63, 3.8) is 0 Å². The van der Waals surface area contributed by atoms with Gasteiger partial charge in [0.25, 0.3) is 0 Å². The van der Waals surface area contributed by atoms with E-state index >= 15 is 0 Å².